The highest BCUT2D eigenvalue weighted by atomic mass is 35.5. The summed E-state index contributed by atoms with van der Waals surface area (Å²) in [6.45, 7) is 2.36. The molecule has 2 rings (SSSR count). The zero-order valence-corrected chi connectivity index (χ0v) is 10.9. The first-order valence-electron chi connectivity index (χ1n) is 5.51. The van der Waals surface area contributed by atoms with E-state index in [1.165, 1.54) is 0 Å². The number of benzene rings is 1. The number of carbonyl (C=O) groups is 1. The summed E-state index contributed by atoms with van der Waals surface area (Å²) < 4.78 is 0. The molecule has 0 spiro atoms. The quantitative estimate of drug-likeness (QED) is 0.895. The molecule has 0 amide bonds. The number of hydrogen-bond acceptors (Lipinski definition) is 3. The number of carboxylic acids is 1. The Morgan fingerprint density at radius 1 is 1.50 bits per heavy atom. The number of aromatic carboxylic acids is 1. The van der Waals surface area contributed by atoms with Gasteiger partial charge in [0.2, 0.25) is 0 Å². The maximum atomic E-state index is 11.3. The Balaban J connectivity index is 2.81. The fourth-order valence-corrected chi connectivity index (χ4v) is 2.06. The third-order valence-corrected chi connectivity index (χ3v) is 3.22. The van der Waals surface area contributed by atoms with Crippen molar-refractivity contribution < 1.29 is 9.90 Å². The summed E-state index contributed by atoms with van der Waals surface area (Å²) in [5.41, 5.74) is 2.39. The SMILES string of the molecule is CNCc1cc(C(=O)O)c2ccc(Cl)c(C)c2n1. The van der Waals surface area contributed by atoms with Gasteiger partial charge in [-0.15, -0.1) is 0 Å². The predicted octanol–water partition coefficient (Wildman–Crippen LogP) is 2.61. The van der Waals surface area contributed by atoms with E-state index in [1.54, 1.807) is 25.2 Å². The second-order valence-corrected chi connectivity index (χ2v) is 4.47. The third-order valence-electron chi connectivity index (χ3n) is 2.81. The number of halogens is 1. The number of nitrogens with one attached hydrogen (secondary N) is 1. The molecule has 5 heteroatoms. The number of pyridine rings is 1. The smallest absolute Gasteiger partial charge is 0.336 e. The summed E-state index contributed by atoms with van der Waals surface area (Å²) in [4.78, 5) is 15.7. The number of aryl methyl sites for hydroxylation is 1. The molecule has 0 saturated heterocycles. The minimum Gasteiger partial charge on any atom is -0.478 e. The van der Waals surface area contributed by atoms with Crippen molar-refractivity contribution in [3.8, 4) is 0 Å². The summed E-state index contributed by atoms with van der Waals surface area (Å²) in [6, 6.07) is 4.99. The van der Waals surface area contributed by atoms with Gasteiger partial charge in [0.1, 0.15) is 0 Å². The average molecular weight is 265 g/mol. The van der Waals surface area contributed by atoms with Crippen molar-refractivity contribution in [1.82, 2.24) is 10.3 Å². The van der Waals surface area contributed by atoms with Crippen molar-refractivity contribution in [1.29, 1.82) is 0 Å². The van der Waals surface area contributed by atoms with Crippen LogP contribution in [0.25, 0.3) is 10.9 Å². The molecule has 1 heterocycles. The van der Waals surface area contributed by atoms with Gasteiger partial charge in [-0.05, 0) is 31.7 Å². The minimum atomic E-state index is -0.957. The van der Waals surface area contributed by atoms with Crippen molar-refractivity contribution in [3.63, 3.8) is 0 Å². The molecule has 18 heavy (non-hydrogen) atoms. The van der Waals surface area contributed by atoms with Crippen LogP contribution < -0.4 is 5.32 Å². The third kappa shape index (κ3) is 2.17. The Labute approximate surface area is 110 Å². The summed E-state index contributed by atoms with van der Waals surface area (Å²) in [6.07, 6.45) is 0. The van der Waals surface area contributed by atoms with Gasteiger partial charge in [0.15, 0.2) is 0 Å². The molecule has 0 aliphatic carbocycles. The zero-order valence-electron chi connectivity index (χ0n) is 10.1. The van der Waals surface area contributed by atoms with Gasteiger partial charge in [0, 0.05) is 17.0 Å². The van der Waals surface area contributed by atoms with Crippen molar-refractivity contribution in [2.45, 2.75) is 13.5 Å². The van der Waals surface area contributed by atoms with E-state index in [4.69, 9.17) is 11.6 Å². The highest BCUT2D eigenvalue weighted by molar-refractivity contribution is 6.32. The standard InChI is InChI=1S/C13H13ClN2O2/c1-7-11(14)4-3-9-10(13(17)18)5-8(6-15-2)16-12(7)9/h3-5,15H,6H2,1-2H3,(H,17,18). The zero-order chi connectivity index (χ0) is 13.3. The lowest BCUT2D eigenvalue weighted by molar-refractivity contribution is 0.0699. The first-order chi connectivity index (χ1) is 8.54. The van der Waals surface area contributed by atoms with Crippen LogP contribution in [0.2, 0.25) is 5.02 Å². The van der Waals surface area contributed by atoms with Crippen LogP contribution in [0.1, 0.15) is 21.6 Å². The van der Waals surface area contributed by atoms with Crippen molar-refractivity contribution in [3.05, 3.63) is 40.0 Å². The Kier molecular flexibility index (Phi) is 3.50. The fourth-order valence-electron chi connectivity index (χ4n) is 1.91. The maximum absolute atomic E-state index is 11.3. The van der Waals surface area contributed by atoms with E-state index in [-0.39, 0.29) is 5.56 Å². The topological polar surface area (TPSA) is 62.2 Å². The van der Waals surface area contributed by atoms with Gasteiger partial charge in [-0.2, -0.15) is 0 Å². The molecule has 2 N–H and O–H groups in total. The molecular formula is C13H13ClN2O2. The van der Waals surface area contributed by atoms with Crippen LogP contribution in [-0.4, -0.2) is 23.1 Å². The number of carboxylic acid groups (broad SMARTS) is 1. The summed E-state index contributed by atoms with van der Waals surface area (Å²) >= 11 is 6.05. The molecule has 1 aromatic carbocycles. The lowest BCUT2D eigenvalue weighted by atomic mass is 10.0. The summed E-state index contributed by atoms with van der Waals surface area (Å²) in [7, 11) is 1.79. The number of rotatable bonds is 3. The van der Waals surface area contributed by atoms with E-state index in [9.17, 15) is 9.90 Å². The fraction of sp³-hybridized carbons (Fsp3) is 0.231. The predicted molar refractivity (Wildman–Crippen MR) is 71.2 cm³/mol. The van der Waals surface area contributed by atoms with E-state index < -0.39 is 5.97 Å². The van der Waals surface area contributed by atoms with Crippen LogP contribution in [0.5, 0.6) is 0 Å². The summed E-state index contributed by atoms with van der Waals surface area (Å²) in [5.74, 6) is -0.957. The van der Waals surface area contributed by atoms with Gasteiger partial charge in [-0.25, -0.2) is 4.79 Å². The van der Waals surface area contributed by atoms with Gasteiger partial charge in [0.25, 0.3) is 0 Å². The van der Waals surface area contributed by atoms with Gasteiger partial charge < -0.3 is 10.4 Å². The van der Waals surface area contributed by atoms with Crippen molar-refractivity contribution >= 4 is 28.5 Å². The van der Waals surface area contributed by atoms with Crippen molar-refractivity contribution in [2.75, 3.05) is 7.05 Å². The first kappa shape index (κ1) is 12.8. The first-order valence-corrected chi connectivity index (χ1v) is 5.89. The Morgan fingerprint density at radius 2 is 2.22 bits per heavy atom. The summed E-state index contributed by atoms with van der Waals surface area (Å²) in [5, 5.41) is 13.4. The maximum Gasteiger partial charge on any atom is 0.336 e. The number of hydrogen-bond donors (Lipinski definition) is 2. The highest BCUT2D eigenvalue weighted by Gasteiger charge is 2.14. The minimum absolute atomic E-state index is 0.255. The van der Waals surface area contributed by atoms with Gasteiger partial charge in [-0.3, -0.25) is 4.98 Å². The molecule has 0 aliphatic heterocycles. The Morgan fingerprint density at radius 3 is 2.83 bits per heavy atom. The lowest BCUT2D eigenvalue weighted by Gasteiger charge is -2.09. The molecule has 0 aliphatic rings. The molecule has 0 fully saturated rings. The lowest BCUT2D eigenvalue weighted by Crippen LogP contribution is -2.09. The second kappa shape index (κ2) is 4.92. The molecule has 0 unspecified atom stereocenters. The second-order valence-electron chi connectivity index (χ2n) is 4.07. The Bertz CT molecular complexity index is 626. The number of aromatic nitrogens is 1. The van der Waals surface area contributed by atoms with Crippen LogP contribution in [0.3, 0.4) is 0 Å². The Hall–Kier alpha value is -1.65. The van der Waals surface area contributed by atoms with E-state index in [0.717, 1.165) is 5.56 Å². The van der Waals surface area contributed by atoms with Gasteiger partial charge in [-0.1, -0.05) is 17.7 Å². The largest absolute Gasteiger partial charge is 0.478 e. The monoisotopic (exact) mass is 264 g/mol. The molecule has 4 nitrogen and oxygen atoms in total. The van der Waals surface area contributed by atoms with Crippen LogP contribution >= 0.6 is 11.6 Å². The molecule has 0 saturated carbocycles. The number of nitrogens with zero attached hydrogens (tertiary/aromatic N) is 1. The molecule has 0 radical (unpaired) electrons. The molecular weight excluding hydrogens is 252 g/mol. The average Bonchev–Trinajstić information content (AvgIpc) is 2.34. The van der Waals surface area contributed by atoms with Crippen molar-refractivity contribution in [2.24, 2.45) is 0 Å². The van der Waals surface area contributed by atoms with E-state index in [2.05, 4.69) is 10.3 Å². The van der Waals surface area contributed by atoms with Gasteiger partial charge >= 0.3 is 5.97 Å². The normalized spacial score (nSPS) is 10.8. The molecule has 1 aromatic heterocycles. The van der Waals surface area contributed by atoms with Crippen LogP contribution in [0.4, 0.5) is 0 Å². The highest BCUT2D eigenvalue weighted by Crippen LogP contribution is 2.27. The molecule has 0 bridgehead atoms. The molecule has 94 valence electrons. The number of fused-ring (bicyclic) bond motifs is 1. The van der Waals surface area contributed by atoms with Crippen LogP contribution in [0.15, 0.2) is 18.2 Å². The molecule has 0 atom stereocenters. The van der Waals surface area contributed by atoms with Gasteiger partial charge in [0.05, 0.1) is 16.8 Å². The van der Waals surface area contributed by atoms with E-state index in [1.807, 2.05) is 6.92 Å². The van der Waals surface area contributed by atoms with Crippen LogP contribution in [0, 0.1) is 6.92 Å². The van der Waals surface area contributed by atoms with E-state index in [0.29, 0.717) is 28.2 Å². The molecule has 2 aromatic rings. The van der Waals surface area contributed by atoms with E-state index >= 15 is 0 Å². The van der Waals surface area contributed by atoms with Crippen LogP contribution in [-0.2, 0) is 6.54 Å².